The molecule has 0 spiro atoms. The zero-order valence-corrected chi connectivity index (χ0v) is 18.4. The maximum atomic E-state index is 13.2. The van der Waals surface area contributed by atoms with E-state index >= 15 is 0 Å². The lowest BCUT2D eigenvalue weighted by Crippen LogP contribution is -2.48. The van der Waals surface area contributed by atoms with Gasteiger partial charge < -0.3 is 15.1 Å². The van der Waals surface area contributed by atoms with Gasteiger partial charge in [-0.1, -0.05) is 48.5 Å². The highest BCUT2D eigenvalue weighted by Gasteiger charge is 2.21. The topological polar surface area (TPSA) is 52.7 Å². The van der Waals surface area contributed by atoms with E-state index in [1.165, 1.54) is 5.39 Å². The molecule has 4 rings (SSSR count). The van der Waals surface area contributed by atoms with E-state index in [0.717, 1.165) is 35.3 Å². The maximum Gasteiger partial charge on any atom is 0.252 e. The van der Waals surface area contributed by atoms with Gasteiger partial charge in [0.15, 0.2) is 0 Å². The monoisotopic (exact) mass is 415 g/mol. The van der Waals surface area contributed by atoms with Crippen molar-refractivity contribution in [2.75, 3.05) is 31.1 Å². The predicted molar refractivity (Wildman–Crippen MR) is 125 cm³/mol. The summed E-state index contributed by atoms with van der Waals surface area (Å²) in [6, 6.07) is 20.4. The largest absolute Gasteiger partial charge is 0.368 e. The minimum Gasteiger partial charge on any atom is -0.368 e. The standard InChI is InChI=1S/C26H29N3O2/c1-18-11-12-22(29-15-13-28(14-16-29)20(3)30)17-25(18)26(31)27-19(2)23-10-6-8-21-7-4-5-9-24(21)23/h4-12,17,19H,13-16H2,1-3H3,(H,27,31)/t19-/m1/s1. The summed E-state index contributed by atoms with van der Waals surface area (Å²) >= 11 is 0. The highest BCUT2D eigenvalue weighted by atomic mass is 16.2. The molecule has 2 amide bonds. The van der Waals surface area contributed by atoms with Crippen LogP contribution in [0.2, 0.25) is 0 Å². The zero-order valence-electron chi connectivity index (χ0n) is 18.4. The minimum absolute atomic E-state index is 0.0674. The molecule has 0 aromatic heterocycles. The lowest BCUT2D eigenvalue weighted by atomic mass is 9.99. The van der Waals surface area contributed by atoms with Gasteiger partial charge in [0.05, 0.1) is 6.04 Å². The quantitative estimate of drug-likeness (QED) is 0.691. The fourth-order valence-electron chi connectivity index (χ4n) is 4.31. The smallest absolute Gasteiger partial charge is 0.252 e. The van der Waals surface area contributed by atoms with Crippen LogP contribution in [0.4, 0.5) is 5.69 Å². The van der Waals surface area contributed by atoms with Gasteiger partial charge in [-0.25, -0.2) is 0 Å². The van der Waals surface area contributed by atoms with Crippen molar-refractivity contribution in [3.63, 3.8) is 0 Å². The van der Waals surface area contributed by atoms with E-state index in [9.17, 15) is 9.59 Å². The summed E-state index contributed by atoms with van der Waals surface area (Å²) < 4.78 is 0. The molecule has 1 aliphatic rings. The van der Waals surface area contributed by atoms with Crippen molar-refractivity contribution >= 4 is 28.3 Å². The first-order valence-corrected chi connectivity index (χ1v) is 10.8. The average Bonchev–Trinajstić information content (AvgIpc) is 2.79. The lowest BCUT2D eigenvalue weighted by Gasteiger charge is -2.35. The van der Waals surface area contributed by atoms with Crippen LogP contribution >= 0.6 is 0 Å². The second kappa shape index (κ2) is 8.80. The Bertz CT molecular complexity index is 1110. The van der Waals surface area contributed by atoms with Gasteiger partial charge >= 0.3 is 0 Å². The normalized spacial score (nSPS) is 15.1. The Morgan fingerprint density at radius 2 is 1.65 bits per heavy atom. The van der Waals surface area contributed by atoms with Crippen LogP contribution in [0.5, 0.6) is 0 Å². The number of benzene rings is 3. The van der Waals surface area contributed by atoms with Crippen LogP contribution in [0.15, 0.2) is 60.7 Å². The number of nitrogens with one attached hydrogen (secondary N) is 1. The first-order chi connectivity index (χ1) is 14.9. The molecule has 0 bridgehead atoms. The number of carbonyl (C=O) groups excluding carboxylic acids is 2. The van der Waals surface area contributed by atoms with E-state index in [1.807, 2.05) is 49.1 Å². The average molecular weight is 416 g/mol. The summed E-state index contributed by atoms with van der Waals surface area (Å²) in [5.74, 6) is 0.0493. The van der Waals surface area contributed by atoms with Gasteiger partial charge in [-0.2, -0.15) is 0 Å². The molecule has 1 N–H and O–H groups in total. The molecule has 1 fully saturated rings. The number of carbonyl (C=O) groups is 2. The van der Waals surface area contributed by atoms with Crippen LogP contribution in [0.1, 0.15) is 41.4 Å². The van der Waals surface area contributed by atoms with Crippen molar-refractivity contribution in [2.24, 2.45) is 0 Å². The van der Waals surface area contributed by atoms with Crippen molar-refractivity contribution < 1.29 is 9.59 Å². The van der Waals surface area contributed by atoms with Crippen LogP contribution in [0, 0.1) is 6.92 Å². The van der Waals surface area contributed by atoms with Gasteiger partial charge in [0.2, 0.25) is 5.91 Å². The molecule has 1 aliphatic heterocycles. The number of fused-ring (bicyclic) bond motifs is 1. The van der Waals surface area contributed by atoms with Gasteiger partial charge in [-0.3, -0.25) is 9.59 Å². The van der Waals surface area contributed by atoms with E-state index in [1.54, 1.807) is 6.92 Å². The van der Waals surface area contributed by atoms with E-state index in [2.05, 4.69) is 40.5 Å². The molecule has 5 heteroatoms. The molecule has 1 heterocycles. The van der Waals surface area contributed by atoms with Gasteiger partial charge in [0.1, 0.15) is 0 Å². The highest BCUT2D eigenvalue weighted by Crippen LogP contribution is 2.26. The number of piperazine rings is 1. The first-order valence-electron chi connectivity index (χ1n) is 10.8. The summed E-state index contributed by atoms with van der Waals surface area (Å²) in [5, 5.41) is 5.52. The lowest BCUT2D eigenvalue weighted by molar-refractivity contribution is -0.129. The van der Waals surface area contributed by atoms with Crippen molar-refractivity contribution in [1.29, 1.82) is 0 Å². The first kappa shape index (κ1) is 20.9. The van der Waals surface area contributed by atoms with Crippen molar-refractivity contribution in [3.8, 4) is 0 Å². The Morgan fingerprint density at radius 1 is 0.935 bits per heavy atom. The third-order valence-corrected chi connectivity index (χ3v) is 6.19. The van der Waals surface area contributed by atoms with E-state index < -0.39 is 0 Å². The van der Waals surface area contributed by atoms with E-state index in [-0.39, 0.29) is 17.9 Å². The van der Waals surface area contributed by atoms with Gasteiger partial charge in [0.25, 0.3) is 5.91 Å². The third-order valence-electron chi connectivity index (χ3n) is 6.19. The third kappa shape index (κ3) is 4.41. The number of anilines is 1. The zero-order chi connectivity index (χ0) is 22.0. The van der Waals surface area contributed by atoms with Crippen LogP contribution < -0.4 is 10.2 Å². The summed E-state index contributed by atoms with van der Waals surface area (Å²) in [6.07, 6.45) is 0. The van der Waals surface area contributed by atoms with Crippen molar-refractivity contribution in [2.45, 2.75) is 26.8 Å². The summed E-state index contributed by atoms with van der Waals surface area (Å²) in [4.78, 5) is 28.9. The van der Waals surface area contributed by atoms with E-state index in [0.29, 0.717) is 18.7 Å². The van der Waals surface area contributed by atoms with Crippen LogP contribution in [-0.2, 0) is 4.79 Å². The molecule has 1 atom stereocenters. The second-order valence-electron chi connectivity index (χ2n) is 8.26. The molecule has 0 radical (unpaired) electrons. The van der Waals surface area contributed by atoms with Crippen LogP contribution in [0.3, 0.4) is 0 Å². The molecule has 0 saturated carbocycles. The van der Waals surface area contributed by atoms with Crippen LogP contribution in [-0.4, -0.2) is 42.9 Å². The van der Waals surface area contributed by atoms with Gasteiger partial charge in [-0.05, 0) is 47.9 Å². The molecule has 1 saturated heterocycles. The van der Waals surface area contributed by atoms with Gasteiger partial charge in [0, 0.05) is 44.4 Å². The molecule has 3 aromatic carbocycles. The number of amides is 2. The number of rotatable bonds is 4. The molecule has 160 valence electrons. The fourth-order valence-corrected chi connectivity index (χ4v) is 4.31. The molecule has 0 unspecified atom stereocenters. The predicted octanol–water partition coefficient (Wildman–Crippen LogP) is 4.31. The summed E-state index contributed by atoms with van der Waals surface area (Å²) in [5.41, 5.74) is 3.78. The van der Waals surface area contributed by atoms with Gasteiger partial charge in [-0.15, -0.1) is 0 Å². The van der Waals surface area contributed by atoms with Crippen molar-refractivity contribution in [3.05, 3.63) is 77.4 Å². The number of hydrogen-bond acceptors (Lipinski definition) is 3. The SMILES string of the molecule is CC(=O)N1CCN(c2ccc(C)c(C(=O)N[C@H](C)c3cccc4ccccc34)c2)CC1. The molecular weight excluding hydrogens is 386 g/mol. The molecule has 3 aromatic rings. The highest BCUT2D eigenvalue weighted by molar-refractivity contribution is 5.97. The molecular formula is C26H29N3O2. The number of nitrogens with zero attached hydrogens (tertiary/aromatic N) is 2. The Labute approximate surface area is 183 Å². The Balaban J connectivity index is 1.52. The summed E-state index contributed by atoms with van der Waals surface area (Å²) in [7, 11) is 0. The fraction of sp³-hybridized carbons (Fsp3) is 0.308. The maximum absolute atomic E-state index is 13.2. The minimum atomic E-state index is -0.110. The molecule has 31 heavy (non-hydrogen) atoms. The van der Waals surface area contributed by atoms with Crippen LogP contribution in [0.25, 0.3) is 10.8 Å². The second-order valence-corrected chi connectivity index (χ2v) is 8.26. The Morgan fingerprint density at radius 3 is 2.39 bits per heavy atom. The Kier molecular flexibility index (Phi) is 5.94. The van der Waals surface area contributed by atoms with E-state index in [4.69, 9.17) is 0 Å². The number of aryl methyl sites for hydroxylation is 1. The number of hydrogen-bond donors (Lipinski definition) is 1. The molecule has 0 aliphatic carbocycles. The molecule has 5 nitrogen and oxygen atoms in total. The summed E-state index contributed by atoms with van der Waals surface area (Å²) in [6.45, 7) is 8.58. The van der Waals surface area contributed by atoms with Crippen molar-refractivity contribution in [1.82, 2.24) is 10.2 Å². The Hall–Kier alpha value is -3.34.